The van der Waals surface area contributed by atoms with Crippen molar-refractivity contribution in [3.8, 4) is 0 Å². The molecular formula is C13H24N4. The first-order valence-electron chi connectivity index (χ1n) is 6.78. The Labute approximate surface area is 104 Å². The molecule has 17 heavy (non-hydrogen) atoms. The largest absolute Gasteiger partial charge is 0.313 e. The molecule has 1 aromatic heterocycles. The first-order chi connectivity index (χ1) is 8.36. The Morgan fingerprint density at radius 3 is 2.82 bits per heavy atom. The molecule has 1 unspecified atom stereocenters. The van der Waals surface area contributed by atoms with Crippen LogP contribution in [0.25, 0.3) is 0 Å². The van der Waals surface area contributed by atoms with Crippen LogP contribution in [0.1, 0.15) is 32.2 Å². The molecule has 4 heteroatoms. The summed E-state index contributed by atoms with van der Waals surface area (Å²) in [6.45, 7) is 8.04. The molecule has 2 heterocycles. The average Bonchev–Trinajstić information content (AvgIpc) is 2.89. The van der Waals surface area contributed by atoms with Gasteiger partial charge in [-0.05, 0) is 38.9 Å². The third kappa shape index (κ3) is 4.13. The normalized spacial score (nSPS) is 19.4. The van der Waals surface area contributed by atoms with Gasteiger partial charge in [0, 0.05) is 32.0 Å². The lowest BCUT2D eigenvalue weighted by Gasteiger charge is -2.26. The van der Waals surface area contributed by atoms with E-state index in [0.29, 0.717) is 6.04 Å². The number of piperidine rings is 1. The van der Waals surface area contributed by atoms with E-state index in [1.54, 1.807) is 0 Å². The van der Waals surface area contributed by atoms with Gasteiger partial charge in [0.2, 0.25) is 0 Å². The summed E-state index contributed by atoms with van der Waals surface area (Å²) in [5, 5.41) is 7.77. The second-order valence-corrected chi connectivity index (χ2v) is 4.94. The quantitative estimate of drug-likeness (QED) is 0.760. The van der Waals surface area contributed by atoms with Crippen molar-refractivity contribution in [2.24, 2.45) is 0 Å². The van der Waals surface area contributed by atoms with Gasteiger partial charge in [0.25, 0.3) is 0 Å². The van der Waals surface area contributed by atoms with Crippen LogP contribution in [0, 0.1) is 0 Å². The number of aromatic nitrogens is 2. The summed E-state index contributed by atoms with van der Waals surface area (Å²) in [6.07, 6.45) is 8.04. The monoisotopic (exact) mass is 236 g/mol. The summed E-state index contributed by atoms with van der Waals surface area (Å²) in [6, 6.07) is 2.41. The summed E-state index contributed by atoms with van der Waals surface area (Å²) in [4.78, 5) is 2.56. The van der Waals surface area contributed by atoms with Gasteiger partial charge in [0.05, 0.1) is 6.04 Å². The van der Waals surface area contributed by atoms with Gasteiger partial charge < -0.3 is 10.2 Å². The van der Waals surface area contributed by atoms with Crippen molar-refractivity contribution in [1.29, 1.82) is 0 Å². The molecule has 2 rings (SSSR count). The lowest BCUT2D eigenvalue weighted by atomic mass is 10.1. The smallest absolute Gasteiger partial charge is 0.0615 e. The lowest BCUT2D eigenvalue weighted by molar-refractivity contribution is 0.228. The first kappa shape index (κ1) is 12.6. The average molecular weight is 236 g/mol. The zero-order valence-electron chi connectivity index (χ0n) is 10.8. The molecule has 1 N–H and O–H groups in total. The number of rotatable bonds is 6. The molecule has 0 radical (unpaired) electrons. The van der Waals surface area contributed by atoms with Crippen LogP contribution in [-0.4, -0.2) is 47.4 Å². The highest BCUT2D eigenvalue weighted by molar-refractivity contribution is 4.81. The molecular weight excluding hydrogens is 212 g/mol. The Morgan fingerprint density at radius 1 is 1.29 bits per heavy atom. The predicted octanol–water partition coefficient (Wildman–Crippen LogP) is 1.52. The Kier molecular flexibility index (Phi) is 5.01. The third-order valence-corrected chi connectivity index (χ3v) is 3.47. The molecule has 0 aliphatic carbocycles. The highest BCUT2D eigenvalue weighted by Gasteiger charge is 2.09. The summed E-state index contributed by atoms with van der Waals surface area (Å²) in [5.41, 5.74) is 0. The fourth-order valence-electron chi connectivity index (χ4n) is 2.37. The van der Waals surface area contributed by atoms with Crippen LogP contribution in [-0.2, 0) is 0 Å². The molecule has 1 fully saturated rings. The summed E-state index contributed by atoms with van der Waals surface area (Å²) >= 11 is 0. The van der Waals surface area contributed by atoms with E-state index in [-0.39, 0.29) is 0 Å². The molecule has 1 aliphatic rings. The Bertz CT molecular complexity index is 290. The fraction of sp³-hybridized carbons (Fsp3) is 0.769. The van der Waals surface area contributed by atoms with E-state index in [9.17, 15) is 0 Å². The van der Waals surface area contributed by atoms with Gasteiger partial charge in [-0.25, -0.2) is 0 Å². The van der Waals surface area contributed by atoms with E-state index >= 15 is 0 Å². The van der Waals surface area contributed by atoms with Crippen molar-refractivity contribution < 1.29 is 0 Å². The van der Waals surface area contributed by atoms with Crippen molar-refractivity contribution in [2.75, 3.05) is 32.7 Å². The molecule has 0 saturated carbocycles. The van der Waals surface area contributed by atoms with E-state index in [2.05, 4.69) is 22.2 Å². The molecule has 0 aromatic carbocycles. The zero-order chi connectivity index (χ0) is 11.9. The van der Waals surface area contributed by atoms with Gasteiger partial charge in [-0.1, -0.05) is 6.42 Å². The Hall–Kier alpha value is -0.870. The van der Waals surface area contributed by atoms with Crippen LogP contribution in [0.15, 0.2) is 18.5 Å². The number of likely N-dealkylation sites (tertiary alicyclic amines) is 1. The van der Waals surface area contributed by atoms with Gasteiger partial charge in [-0.2, -0.15) is 5.10 Å². The van der Waals surface area contributed by atoms with Crippen LogP contribution in [0.3, 0.4) is 0 Å². The molecule has 1 atom stereocenters. The van der Waals surface area contributed by atoms with Crippen LogP contribution < -0.4 is 5.32 Å². The number of nitrogens with one attached hydrogen (secondary N) is 1. The minimum atomic E-state index is 0.436. The predicted molar refractivity (Wildman–Crippen MR) is 70.1 cm³/mol. The highest BCUT2D eigenvalue weighted by Crippen LogP contribution is 2.07. The minimum absolute atomic E-state index is 0.436. The zero-order valence-corrected chi connectivity index (χ0v) is 10.8. The maximum Gasteiger partial charge on any atom is 0.0615 e. The number of hydrogen-bond acceptors (Lipinski definition) is 3. The fourth-order valence-corrected chi connectivity index (χ4v) is 2.37. The van der Waals surface area contributed by atoms with Gasteiger partial charge in [-0.15, -0.1) is 0 Å². The van der Waals surface area contributed by atoms with E-state index in [1.165, 1.54) is 38.9 Å². The second kappa shape index (κ2) is 6.77. The maximum atomic E-state index is 4.25. The maximum absolute atomic E-state index is 4.25. The molecule has 1 saturated heterocycles. The Morgan fingerprint density at radius 2 is 2.12 bits per heavy atom. The topological polar surface area (TPSA) is 33.1 Å². The van der Waals surface area contributed by atoms with Crippen LogP contribution >= 0.6 is 0 Å². The first-order valence-corrected chi connectivity index (χ1v) is 6.78. The second-order valence-electron chi connectivity index (χ2n) is 4.94. The summed E-state index contributed by atoms with van der Waals surface area (Å²) in [5.74, 6) is 0. The van der Waals surface area contributed by atoms with Gasteiger partial charge in [0.1, 0.15) is 0 Å². The lowest BCUT2D eigenvalue weighted by Crippen LogP contribution is -2.37. The summed E-state index contributed by atoms with van der Waals surface area (Å²) in [7, 11) is 0. The molecule has 0 bridgehead atoms. The van der Waals surface area contributed by atoms with Crippen molar-refractivity contribution in [1.82, 2.24) is 20.0 Å². The van der Waals surface area contributed by atoms with Crippen molar-refractivity contribution >= 4 is 0 Å². The van der Waals surface area contributed by atoms with Crippen LogP contribution in [0.2, 0.25) is 0 Å². The standard InChI is InChI=1S/C13H24N4/c1-13(17-10-5-6-15-17)12-14-7-11-16-8-3-2-4-9-16/h5-6,10,13-14H,2-4,7-9,11-12H2,1H3. The third-order valence-electron chi connectivity index (χ3n) is 3.47. The molecule has 1 aliphatic heterocycles. The molecule has 4 nitrogen and oxygen atoms in total. The van der Waals surface area contributed by atoms with Crippen LogP contribution in [0.5, 0.6) is 0 Å². The van der Waals surface area contributed by atoms with E-state index in [4.69, 9.17) is 0 Å². The molecule has 0 amide bonds. The van der Waals surface area contributed by atoms with Crippen molar-refractivity contribution in [2.45, 2.75) is 32.2 Å². The SMILES string of the molecule is CC(CNCCN1CCCCC1)n1cccn1. The molecule has 1 aromatic rings. The van der Waals surface area contributed by atoms with Gasteiger partial charge >= 0.3 is 0 Å². The van der Waals surface area contributed by atoms with E-state index in [0.717, 1.165) is 13.1 Å². The highest BCUT2D eigenvalue weighted by atomic mass is 15.3. The molecule has 0 spiro atoms. The summed E-state index contributed by atoms with van der Waals surface area (Å²) < 4.78 is 2.01. The van der Waals surface area contributed by atoms with E-state index in [1.807, 2.05) is 23.1 Å². The van der Waals surface area contributed by atoms with Crippen molar-refractivity contribution in [3.05, 3.63) is 18.5 Å². The number of nitrogens with zero attached hydrogens (tertiary/aromatic N) is 3. The Balaban J connectivity index is 1.56. The van der Waals surface area contributed by atoms with Crippen LogP contribution in [0.4, 0.5) is 0 Å². The minimum Gasteiger partial charge on any atom is -0.313 e. The van der Waals surface area contributed by atoms with Gasteiger partial charge in [-0.3, -0.25) is 4.68 Å². The number of hydrogen-bond donors (Lipinski definition) is 1. The van der Waals surface area contributed by atoms with Crippen molar-refractivity contribution in [3.63, 3.8) is 0 Å². The van der Waals surface area contributed by atoms with Gasteiger partial charge in [0.15, 0.2) is 0 Å². The van der Waals surface area contributed by atoms with E-state index < -0.39 is 0 Å². The molecule has 96 valence electrons.